The van der Waals surface area contributed by atoms with Crippen LogP contribution in [0.25, 0.3) is 20.7 Å². The predicted octanol–water partition coefficient (Wildman–Crippen LogP) is 6.93. The van der Waals surface area contributed by atoms with Gasteiger partial charge in [-0.3, -0.25) is 4.68 Å². The number of nitrogens with one attached hydrogen (secondary N) is 1. The van der Waals surface area contributed by atoms with E-state index in [2.05, 4.69) is 15.3 Å². The van der Waals surface area contributed by atoms with Crippen molar-refractivity contribution in [2.45, 2.75) is 57.5 Å². The standard InChI is InChI=1S/C30H29ClFN5O3S.C2HF3O2/c31-24-13-20(7-10-26(24)40-16-18-4-3-5-19(32)12-18)35-29-27-22-8-9-25-23(28(22)41-30(27)34-17-33-29)15-37(36-25)14-21(39)6-1-2-11-38;3-2(4,5)1(6)7/h3-5,7,10,12-13,15,17,21,38-39H,1-2,6,8-9,11,14,16H2,(H,33,34,35);(H,6,7)/t21-;/m1./s1. The number of carbonyl (C=O) groups is 1. The maximum atomic E-state index is 13.5. The van der Waals surface area contributed by atoms with Gasteiger partial charge in [-0.1, -0.05) is 23.7 Å². The first-order chi connectivity index (χ1) is 22.9. The Balaban J connectivity index is 0.000000582. The number of aromatic nitrogens is 4. The van der Waals surface area contributed by atoms with Gasteiger partial charge in [0, 0.05) is 28.9 Å². The molecule has 10 nitrogen and oxygen atoms in total. The van der Waals surface area contributed by atoms with Gasteiger partial charge in [-0.15, -0.1) is 11.3 Å². The lowest BCUT2D eigenvalue weighted by molar-refractivity contribution is -0.192. The van der Waals surface area contributed by atoms with E-state index in [4.69, 9.17) is 36.4 Å². The molecule has 2 aromatic carbocycles. The molecule has 0 saturated heterocycles. The predicted molar refractivity (Wildman–Crippen MR) is 172 cm³/mol. The number of unbranched alkanes of at least 4 members (excludes halogenated alkanes) is 1. The van der Waals surface area contributed by atoms with Gasteiger partial charge in [0.1, 0.15) is 35.1 Å². The molecule has 0 spiro atoms. The summed E-state index contributed by atoms with van der Waals surface area (Å²) in [7, 11) is 0. The van der Waals surface area contributed by atoms with Crippen molar-refractivity contribution in [3.05, 3.63) is 82.6 Å². The van der Waals surface area contributed by atoms with Crippen LogP contribution in [0.5, 0.6) is 5.75 Å². The molecule has 1 atom stereocenters. The van der Waals surface area contributed by atoms with Gasteiger partial charge in [0.2, 0.25) is 0 Å². The van der Waals surface area contributed by atoms with Crippen LogP contribution in [0.4, 0.5) is 29.1 Å². The van der Waals surface area contributed by atoms with Crippen LogP contribution in [0.3, 0.4) is 0 Å². The van der Waals surface area contributed by atoms with Crippen LogP contribution < -0.4 is 10.1 Å². The van der Waals surface area contributed by atoms with Crippen LogP contribution >= 0.6 is 22.9 Å². The fraction of sp³-hybridized carbons (Fsp3) is 0.312. The number of thiophene rings is 1. The Morgan fingerprint density at radius 1 is 1.15 bits per heavy atom. The molecule has 0 amide bonds. The number of fused-ring (bicyclic) bond motifs is 5. The lowest BCUT2D eigenvalue weighted by atomic mass is 9.95. The summed E-state index contributed by atoms with van der Waals surface area (Å²) >= 11 is 8.15. The number of halogens is 5. The number of nitrogens with zero attached hydrogens (tertiary/aromatic N) is 4. The minimum absolute atomic E-state index is 0.141. The summed E-state index contributed by atoms with van der Waals surface area (Å²) < 4.78 is 52.9. The summed E-state index contributed by atoms with van der Waals surface area (Å²) in [4.78, 5) is 20.0. The number of benzene rings is 2. The zero-order chi connectivity index (χ0) is 34.4. The normalized spacial score (nSPS) is 12.9. The Kier molecular flexibility index (Phi) is 11.1. The van der Waals surface area contributed by atoms with Crippen molar-refractivity contribution in [3.63, 3.8) is 0 Å². The number of aliphatic hydroxyl groups excluding tert-OH is 2. The fourth-order valence-corrected chi connectivity index (χ4v) is 6.59. The fourth-order valence-electron chi connectivity index (χ4n) is 5.13. The van der Waals surface area contributed by atoms with Gasteiger partial charge in [-0.05, 0) is 73.6 Å². The maximum absolute atomic E-state index is 13.5. The maximum Gasteiger partial charge on any atom is 0.490 e. The molecule has 1 aliphatic carbocycles. The van der Waals surface area contributed by atoms with Crippen molar-refractivity contribution in [2.24, 2.45) is 0 Å². The first kappa shape index (κ1) is 35.0. The minimum Gasteiger partial charge on any atom is -0.487 e. The number of aliphatic hydroxyl groups is 2. The number of hydrogen-bond donors (Lipinski definition) is 4. The third-order valence-corrected chi connectivity index (χ3v) is 8.81. The molecule has 3 aromatic heterocycles. The third kappa shape index (κ3) is 8.58. The van der Waals surface area contributed by atoms with Crippen molar-refractivity contribution < 1.29 is 42.4 Å². The molecule has 48 heavy (non-hydrogen) atoms. The van der Waals surface area contributed by atoms with Crippen LogP contribution in [0, 0.1) is 5.82 Å². The van der Waals surface area contributed by atoms with Crippen molar-refractivity contribution in [1.29, 1.82) is 0 Å². The third-order valence-electron chi connectivity index (χ3n) is 7.35. The molecule has 16 heteroatoms. The lowest BCUT2D eigenvalue weighted by Gasteiger charge is -2.13. The quantitative estimate of drug-likeness (QED) is 0.0850. The van der Waals surface area contributed by atoms with Gasteiger partial charge in [0.15, 0.2) is 0 Å². The van der Waals surface area contributed by atoms with Crippen molar-refractivity contribution in [2.75, 3.05) is 11.9 Å². The van der Waals surface area contributed by atoms with Gasteiger partial charge in [-0.2, -0.15) is 18.3 Å². The summed E-state index contributed by atoms with van der Waals surface area (Å²) in [6.07, 6.45) is 1.69. The molecule has 1 aliphatic rings. The van der Waals surface area contributed by atoms with E-state index >= 15 is 0 Å². The molecule has 4 N–H and O–H groups in total. The summed E-state index contributed by atoms with van der Waals surface area (Å²) in [6, 6.07) is 11.7. The Hall–Kier alpha value is -4.31. The molecule has 0 radical (unpaired) electrons. The molecule has 5 aromatic rings. The van der Waals surface area contributed by atoms with Crippen molar-refractivity contribution >= 4 is 50.6 Å². The van der Waals surface area contributed by atoms with E-state index in [1.165, 1.54) is 17.7 Å². The highest BCUT2D eigenvalue weighted by Gasteiger charge is 2.38. The summed E-state index contributed by atoms with van der Waals surface area (Å²) in [5, 5.41) is 36.1. The van der Waals surface area contributed by atoms with Crippen molar-refractivity contribution in [3.8, 4) is 16.2 Å². The Morgan fingerprint density at radius 2 is 1.94 bits per heavy atom. The number of carboxylic acids is 1. The number of anilines is 2. The van der Waals surface area contributed by atoms with Crippen LogP contribution in [-0.2, 0) is 30.8 Å². The van der Waals surface area contributed by atoms with Crippen LogP contribution in [0.1, 0.15) is 36.1 Å². The second kappa shape index (κ2) is 15.3. The molecule has 0 fully saturated rings. The number of rotatable bonds is 11. The highest BCUT2D eigenvalue weighted by molar-refractivity contribution is 7.22. The van der Waals surface area contributed by atoms with E-state index in [1.54, 1.807) is 41.9 Å². The topological polar surface area (TPSA) is 143 Å². The smallest absolute Gasteiger partial charge is 0.487 e. The number of carboxylic acid groups (broad SMARTS) is 1. The Bertz CT molecular complexity index is 1900. The van der Waals surface area contributed by atoms with Gasteiger partial charge >= 0.3 is 12.1 Å². The van der Waals surface area contributed by atoms with E-state index in [0.29, 0.717) is 36.0 Å². The first-order valence-corrected chi connectivity index (χ1v) is 16.0. The SMILES string of the molecule is O=C(O)C(F)(F)F.OCCCC[C@@H](O)Cn1cc2c(n1)CCc1c-2sc2ncnc(Nc3ccc(OCc4cccc(F)c4)c(Cl)c3)c12. The van der Waals surface area contributed by atoms with E-state index in [0.717, 1.165) is 56.9 Å². The average Bonchev–Trinajstić information content (AvgIpc) is 3.62. The lowest BCUT2D eigenvalue weighted by Crippen LogP contribution is -2.21. The Morgan fingerprint density at radius 3 is 2.65 bits per heavy atom. The number of hydrogen-bond acceptors (Lipinski definition) is 9. The highest BCUT2D eigenvalue weighted by Crippen LogP contribution is 2.45. The van der Waals surface area contributed by atoms with Gasteiger partial charge in [-0.25, -0.2) is 19.2 Å². The van der Waals surface area contributed by atoms with Crippen LogP contribution in [0.15, 0.2) is 55.0 Å². The van der Waals surface area contributed by atoms with E-state index in [9.17, 15) is 22.7 Å². The Labute approximate surface area is 280 Å². The van der Waals surface area contributed by atoms with E-state index in [1.807, 2.05) is 16.9 Å². The van der Waals surface area contributed by atoms with Gasteiger partial charge in [0.25, 0.3) is 0 Å². The zero-order valence-electron chi connectivity index (χ0n) is 25.2. The van der Waals surface area contributed by atoms with Gasteiger partial charge < -0.3 is 25.4 Å². The monoisotopic (exact) mass is 707 g/mol. The molecule has 3 heterocycles. The van der Waals surface area contributed by atoms with E-state index < -0.39 is 18.2 Å². The second-order valence-electron chi connectivity index (χ2n) is 10.9. The first-order valence-electron chi connectivity index (χ1n) is 14.8. The molecule has 0 bridgehead atoms. The molecule has 254 valence electrons. The van der Waals surface area contributed by atoms with Crippen molar-refractivity contribution in [1.82, 2.24) is 19.7 Å². The van der Waals surface area contributed by atoms with Crippen LogP contribution in [-0.4, -0.2) is 59.9 Å². The molecule has 0 unspecified atom stereocenters. The number of aryl methyl sites for hydroxylation is 2. The van der Waals surface area contributed by atoms with Gasteiger partial charge in [0.05, 0.1) is 28.8 Å². The molecule has 0 saturated carbocycles. The molecular weight excluding hydrogens is 678 g/mol. The molecule has 6 rings (SSSR count). The zero-order valence-corrected chi connectivity index (χ0v) is 26.7. The summed E-state index contributed by atoms with van der Waals surface area (Å²) in [6.45, 7) is 0.773. The molecular formula is C32H30ClF4N5O5S. The molecule has 0 aliphatic heterocycles. The number of ether oxygens (including phenoxy) is 1. The van der Waals surface area contributed by atoms with Crippen LogP contribution in [0.2, 0.25) is 5.02 Å². The highest BCUT2D eigenvalue weighted by atomic mass is 35.5. The average molecular weight is 708 g/mol. The van der Waals surface area contributed by atoms with E-state index in [-0.39, 0.29) is 19.0 Å². The summed E-state index contributed by atoms with van der Waals surface area (Å²) in [5.74, 6) is -1.86. The minimum atomic E-state index is -5.08. The number of alkyl halides is 3. The number of aliphatic carboxylic acids is 1. The second-order valence-corrected chi connectivity index (χ2v) is 12.3. The summed E-state index contributed by atoms with van der Waals surface area (Å²) in [5.41, 5.74) is 4.76. The largest absolute Gasteiger partial charge is 0.490 e.